The van der Waals surface area contributed by atoms with E-state index < -0.39 is 9.73 Å². The van der Waals surface area contributed by atoms with E-state index in [0.29, 0.717) is 10.9 Å². The smallest absolute Gasteiger partial charge is 0.214 e. The van der Waals surface area contributed by atoms with Crippen LogP contribution in [0.15, 0.2) is 27.2 Å². The van der Waals surface area contributed by atoms with Crippen molar-refractivity contribution in [3.05, 3.63) is 22.9 Å². The Labute approximate surface area is 108 Å². The molecule has 0 aromatic rings. The number of halogens is 1. The average molecular weight is 274 g/mol. The third-order valence-corrected chi connectivity index (χ3v) is 4.30. The summed E-state index contributed by atoms with van der Waals surface area (Å²) in [4.78, 5) is 0. The molecule has 0 bridgehead atoms. The lowest BCUT2D eigenvalue weighted by Gasteiger charge is -2.17. The van der Waals surface area contributed by atoms with E-state index in [1.54, 1.807) is 6.19 Å². The third kappa shape index (κ3) is 5.24. The number of nitrogens with zero attached hydrogens (tertiary/aromatic N) is 2. The van der Waals surface area contributed by atoms with Crippen LogP contribution in [0, 0.1) is 17.4 Å². The Morgan fingerprint density at radius 2 is 2.41 bits per heavy atom. The van der Waals surface area contributed by atoms with E-state index >= 15 is 0 Å². The minimum Gasteiger partial charge on any atom is -0.372 e. The second-order valence-corrected chi connectivity index (χ2v) is 7.16. The van der Waals surface area contributed by atoms with Crippen LogP contribution in [0.2, 0.25) is 0 Å². The first-order valence-corrected chi connectivity index (χ1v) is 7.77. The normalized spacial score (nSPS) is 20.1. The van der Waals surface area contributed by atoms with Gasteiger partial charge in [-0.2, -0.15) is 5.26 Å². The van der Waals surface area contributed by atoms with Crippen molar-refractivity contribution in [3.63, 3.8) is 0 Å². The first-order valence-electron chi connectivity index (χ1n) is 5.30. The van der Waals surface area contributed by atoms with E-state index in [-0.39, 0.29) is 5.92 Å². The van der Waals surface area contributed by atoms with E-state index in [2.05, 4.69) is 9.68 Å². The largest absolute Gasteiger partial charge is 0.372 e. The molecule has 0 saturated heterocycles. The van der Waals surface area contributed by atoms with Gasteiger partial charge in [-0.05, 0) is 18.4 Å². The van der Waals surface area contributed by atoms with Crippen molar-refractivity contribution in [3.8, 4) is 6.19 Å². The van der Waals surface area contributed by atoms with Crippen molar-refractivity contribution in [1.29, 1.82) is 5.26 Å². The van der Waals surface area contributed by atoms with Gasteiger partial charge in [-0.1, -0.05) is 30.2 Å². The number of rotatable bonds is 4. The molecular formula is C11H16ClN3OS. The lowest BCUT2D eigenvalue weighted by atomic mass is 10.0. The monoisotopic (exact) mass is 273 g/mol. The fraction of sp³-hybridized carbons (Fsp3) is 0.545. The lowest BCUT2D eigenvalue weighted by molar-refractivity contribution is 0.614. The highest BCUT2D eigenvalue weighted by Gasteiger charge is 2.13. The van der Waals surface area contributed by atoms with Gasteiger partial charge in [-0.3, -0.25) is 0 Å². The molecule has 0 aliphatic carbocycles. The van der Waals surface area contributed by atoms with Crippen LogP contribution >= 0.6 is 11.6 Å². The quantitative estimate of drug-likeness (QED) is 0.631. The molecule has 0 radical (unpaired) electrons. The van der Waals surface area contributed by atoms with E-state index in [4.69, 9.17) is 16.9 Å². The molecule has 0 aromatic heterocycles. The molecule has 0 spiro atoms. The minimum atomic E-state index is -2.37. The number of allylic oxidation sites excluding steroid dienone is 2. The predicted octanol–water partition coefficient (Wildman–Crippen LogP) is 2.20. The van der Waals surface area contributed by atoms with Gasteiger partial charge in [0, 0.05) is 18.6 Å². The van der Waals surface area contributed by atoms with Crippen molar-refractivity contribution < 1.29 is 4.21 Å². The van der Waals surface area contributed by atoms with Crippen molar-refractivity contribution in [2.75, 3.05) is 18.6 Å². The van der Waals surface area contributed by atoms with Gasteiger partial charge in [-0.25, -0.2) is 4.21 Å². The average Bonchev–Trinajstić information content (AvgIpc) is 2.20. The molecule has 4 nitrogen and oxygen atoms in total. The van der Waals surface area contributed by atoms with Crippen LogP contribution in [-0.4, -0.2) is 22.8 Å². The lowest BCUT2D eigenvalue weighted by Crippen LogP contribution is -2.20. The molecule has 0 fully saturated rings. The van der Waals surface area contributed by atoms with Crippen molar-refractivity contribution >= 4 is 21.3 Å². The molecule has 1 aliphatic rings. The van der Waals surface area contributed by atoms with Gasteiger partial charge in [0.15, 0.2) is 0 Å². The van der Waals surface area contributed by atoms with Gasteiger partial charge >= 0.3 is 0 Å². The van der Waals surface area contributed by atoms with Crippen LogP contribution in [0.5, 0.6) is 0 Å². The minimum absolute atomic E-state index is 0.225. The zero-order valence-corrected chi connectivity index (χ0v) is 11.5. The van der Waals surface area contributed by atoms with Crippen molar-refractivity contribution in [2.24, 2.45) is 10.3 Å². The van der Waals surface area contributed by atoms with Gasteiger partial charge in [-0.15, -0.1) is 4.36 Å². The Kier molecular flexibility index (Phi) is 5.03. The third-order valence-electron chi connectivity index (χ3n) is 2.39. The maximum Gasteiger partial charge on any atom is 0.214 e. The summed E-state index contributed by atoms with van der Waals surface area (Å²) in [5.41, 5.74) is 1.22. The maximum absolute atomic E-state index is 11.8. The molecule has 17 heavy (non-hydrogen) atoms. The zero-order chi connectivity index (χ0) is 12.9. The summed E-state index contributed by atoms with van der Waals surface area (Å²) in [6.45, 7) is 2.73. The van der Waals surface area contributed by atoms with Crippen LogP contribution in [0.25, 0.3) is 0 Å². The van der Waals surface area contributed by atoms with Gasteiger partial charge in [0.05, 0.1) is 9.73 Å². The van der Waals surface area contributed by atoms with Gasteiger partial charge < -0.3 is 5.32 Å². The number of nitrogens with one attached hydrogen (secondary N) is 1. The summed E-state index contributed by atoms with van der Waals surface area (Å²) in [6, 6.07) is 0. The van der Waals surface area contributed by atoms with Gasteiger partial charge in [0.25, 0.3) is 0 Å². The number of hydrogen-bond acceptors (Lipinski definition) is 4. The maximum atomic E-state index is 11.8. The molecular weight excluding hydrogens is 258 g/mol. The molecule has 0 aromatic carbocycles. The van der Waals surface area contributed by atoms with Crippen LogP contribution in [0.3, 0.4) is 0 Å². The highest BCUT2D eigenvalue weighted by Crippen LogP contribution is 2.17. The van der Waals surface area contributed by atoms with Gasteiger partial charge in [0.2, 0.25) is 6.19 Å². The summed E-state index contributed by atoms with van der Waals surface area (Å²) in [5, 5.41) is 12.1. The van der Waals surface area contributed by atoms with Crippen LogP contribution in [0.4, 0.5) is 0 Å². The Morgan fingerprint density at radius 1 is 1.71 bits per heavy atom. The van der Waals surface area contributed by atoms with E-state index in [9.17, 15) is 4.21 Å². The number of nitriles is 1. The zero-order valence-electron chi connectivity index (χ0n) is 9.94. The molecule has 2 atom stereocenters. The Bertz CT molecular complexity index is 495. The highest BCUT2D eigenvalue weighted by atomic mass is 35.5. The predicted molar refractivity (Wildman–Crippen MR) is 70.8 cm³/mol. The summed E-state index contributed by atoms with van der Waals surface area (Å²) < 4.78 is 15.3. The summed E-state index contributed by atoms with van der Waals surface area (Å²) in [7, 11) is -2.37. The molecule has 1 N–H and O–H groups in total. The topological polar surface area (TPSA) is 65.2 Å². The summed E-state index contributed by atoms with van der Waals surface area (Å²) in [5.74, 6) is 0.665. The van der Waals surface area contributed by atoms with Crippen LogP contribution in [-0.2, 0) is 9.73 Å². The molecule has 1 rings (SSSR count). The van der Waals surface area contributed by atoms with Crippen molar-refractivity contribution in [1.82, 2.24) is 5.32 Å². The SMILES string of the molecule is CC(CC1=CC=C(Cl)NC1)CS(C)(=O)=NC#N. The molecule has 1 aliphatic heterocycles. The number of dihydropyridines is 1. The first kappa shape index (κ1) is 14.1. The van der Waals surface area contributed by atoms with Crippen LogP contribution in [0.1, 0.15) is 13.3 Å². The Balaban J connectivity index is 2.58. The molecule has 1 heterocycles. The van der Waals surface area contributed by atoms with E-state index in [0.717, 1.165) is 13.0 Å². The molecule has 0 amide bonds. The molecule has 0 saturated carbocycles. The standard InChI is InChI=1S/C11H16ClN3OS/c1-9(7-17(2,16)15-8-13)5-10-3-4-11(12)14-6-10/h3-4,9,14H,5-7H2,1-2H3. The summed E-state index contributed by atoms with van der Waals surface area (Å²) in [6.07, 6.45) is 7.77. The highest BCUT2D eigenvalue weighted by molar-refractivity contribution is 7.93. The fourth-order valence-electron chi connectivity index (χ4n) is 1.81. The van der Waals surface area contributed by atoms with Crippen molar-refractivity contribution in [2.45, 2.75) is 13.3 Å². The number of hydrogen-bond donors (Lipinski definition) is 1. The molecule has 2 unspecified atom stereocenters. The summed E-state index contributed by atoms with van der Waals surface area (Å²) >= 11 is 5.77. The second-order valence-electron chi connectivity index (χ2n) is 4.32. The van der Waals surface area contributed by atoms with E-state index in [1.165, 1.54) is 11.8 Å². The molecule has 94 valence electrons. The fourth-order valence-corrected chi connectivity index (χ4v) is 3.36. The Morgan fingerprint density at radius 3 is 2.94 bits per heavy atom. The van der Waals surface area contributed by atoms with Gasteiger partial charge in [0.1, 0.15) is 5.16 Å². The second kappa shape index (κ2) is 6.08. The van der Waals surface area contributed by atoms with Crippen LogP contribution < -0.4 is 5.32 Å². The molecule has 6 heteroatoms. The Hall–Kier alpha value is -0.990. The first-order chi connectivity index (χ1) is 7.93. The van der Waals surface area contributed by atoms with E-state index in [1.807, 2.05) is 19.1 Å².